The van der Waals surface area contributed by atoms with E-state index in [1.54, 1.807) is 0 Å². The van der Waals surface area contributed by atoms with Crippen LogP contribution in [0.3, 0.4) is 0 Å². The van der Waals surface area contributed by atoms with Crippen LogP contribution in [0.25, 0.3) is 5.57 Å². The van der Waals surface area contributed by atoms with Gasteiger partial charge in [-0.1, -0.05) is 36.4 Å². The minimum atomic E-state index is -2.76. The van der Waals surface area contributed by atoms with Crippen LogP contribution in [-0.2, 0) is 13.3 Å². The number of benzene rings is 1. The molecule has 0 aliphatic heterocycles. The molecule has 0 unspecified atom stereocenters. The van der Waals surface area contributed by atoms with Crippen molar-refractivity contribution < 1.29 is 13.3 Å². The quantitative estimate of drug-likeness (QED) is 0.685. The van der Waals surface area contributed by atoms with Crippen molar-refractivity contribution in [1.82, 2.24) is 0 Å². The van der Waals surface area contributed by atoms with Crippen molar-refractivity contribution >= 4 is 19.6 Å². The Bertz CT molecular complexity index is 383. The first-order valence-electron chi connectivity index (χ1n) is 6.77. The Balaban J connectivity index is 3.10. The molecule has 0 aliphatic carbocycles. The van der Waals surface area contributed by atoms with Crippen LogP contribution in [0, 0.1) is 0 Å². The molecule has 0 aliphatic rings. The Morgan fingerprint density at radius 2 is 1.37 bits per heavy atom. The topological polar surface area (TPSA) is 27.7 Å². The summed E-state index contributed by atoms with van der Waals surface area (Å²) < 4.78 is 17.6. The molecule has 1 aromatic rings. The van der Waals surface area contributed by atoms with Gasteiger partial charge in [0.05, 0.1) is 0 Å². The van der Waals surface area contributed by atoms with Gasteiger partial charge in [0.25, 0.3) is 0 Å². The normalized spacial score (nSPS) is 11.6. The Kier molecular flexibility index (Phi) is 6.44. The first-order chi connectivity index (χ1) is 9.09. The summed E-state index contributed by atoms with van der Waals surface area (Å²) in [6, 6.07) is 8.13. The Morgan fingerprint density at radius 3 is 1.68 bits per heavy atom. The van der Waals surface area contributed by atoms with E-state index in [9.17, 15) is 0 Å². The third-order valence-electron chi connectivity index (χ3n) is 2.73. The van der Waals surface area contributed by atoms with Crippen molar-refractivity contribution in [2.24, 2.45) is 0 Å². The molecule has 0 aromatic heterocycles. The van der Waals surface area contributed by atoms with Crippen molar-refractivity contribution in [3.8, 4) is 0 Å². The van der Waals surface area contributed by atoms with Gasteiger partial charge < -0.3 is 13.3 Å². The minimum Gasteiger partial charge on any atom is -0.370 e. The molecule has 0 heterocycles. The van der Waals surface area contributed by atoms with Gasteiger partial charge in [-0.25, -0.2) is 0 Å². The van der Waals surface area contributed by atoms with Crippen molar-refractivity contribution in [3.05, 3.63) is 36.4 Å². The number of rotatable bonds is 8. The summed E-state index contributed by atoms with van der Waals surface area (Å²) in [6.07, 6.45) is 0. The van der Waals surface area contributed by atoms with Crippen LogP contribution in [0.1, 0.15) is 33.3 Å². The fourth-order valence-corrected chi connectivity index (χ4v) is 4.37. The summed E-state index contributed by atoms with van der Waals surface area (Å²) in [6.45, 7) is 13.6. The average molecular weight is 280 g/mol. The molecule has 1 rings (SSSR count). The van der Waals surface area contributed by atoms with Crippen molar-refractivity contribution in [3.63, 3.8) is 0 Å². The van der Waals surface area contributed by atoms with E-state index in [-0.39, 0.29) is 0 Å². The van der Waals surface area contributed by atoms with Crippen LogP contribution in [0.4, 0.5) is 0 Å². The summed E-state index contributed by atoms with van der Waals surface area (Å²) in [4.78, 5) is 0. The first-order valence-corrected chi connectivity index (χ1v) is 8.50. The smallest absolute Gasteiger partial charge is 0.370 e. The molecule has 0 bridgehead atoms. The SMILES string of the molecule is C=C(C)c1ccc([Si](OCC)(OCC)OCC)cc1. The molecule has 0 N–H and O–H groups in total. The van der Waals surface area contributed by atoms with Gasteiger partial charge in [0.1, 0.15) is 0 Å². The largest absolute Gasteiger partial charge is 0.537 e. The van der Waals surface area contributed by atoms with E-state index in [0.29, 0.717) is 19.8 Å². The van der Waals surface area contributed by atoms with Crippen molar-refractivity contribution in [2.75, 3.05) is 19.8 Å². The highest BCUT2D eigenvalue weighted by molar-refractivity contribution is 6.75. The fourth-order valence-electron chi connectivity index (χ4n) is 1.90. The van der Waals surface area contributed by atoms with Crippen molar-refractivity contribution in [1.29, 1.82) is 0 Å². The molecule has 0 saturated carbocycles. The Morgan fingerprint density at radius 1 is 0.947 bits per heavy atom. The fraction of sp³-hybridized carbons (Fsp3) is 0.467. The summed E-state index contributed by atoms with van der Waals surface area (Å²) in [5, 5.41) is 1.00. The van der Waals surface area contributed by atoms with E-state index in [0.717, 1.165) is 16.3 Å². The minimum absolute atomic E-state index is 0.578. The van der Waals surface area contributed by atoms with Gasteiger partial charge in [0.15, 0.2) is 0 Å². The maximum Gasteiger partial charge on any atom is 0.537 e. The molecule has 1 aromatic carbocycles. The Labute approximate surface area is 117 Å². The molecular formula is C15H24O3Si. The maximum atomic E-state index is 5.87. The second-order valence-corrected chi connectivity index (χ2v) is 6.77. The second-order valence-electron chi connectivity index (χ2n) is 4.21. The van der Waals surface area contributed by atoms with Gasteiger partial charge in [0, 0.05) is 25.0 Å². The summed E-state index contributed by atoms with van der Waals surface area (Å²) in [7, 11) is -2.76. The van der Waals surface area contributed by atoms with E-state index in [2.05, 4.69) is 6.58 Å². The monoisotopic (exact) mass is 280 g/mol. The second kappa shape index (κ2) is 7.60. The van der Waals surface area contributed by atoms with E-state index in [4.69, 9.17) is 13.3 Å². The first kappa shape index (κ1) is 16.1. The number of hydrogen-bond acceptors (Lipinski definition) is 3. The lowest BCUT2D eigenvalue weighted by Crippen LogP contribution is -2.56. The van der Waals surface area contributed by atoms with Crippen molar-refractivity contribution in [2.45, 2.75) is 27.7 Å². The standard InChI is InChI=1S/C15H24O3Si/c1-6-16-19(17-7-2,18-8-3)15-11-9-14(10-12-15)13(4)5/h9-12H,4,6-8H2,1-3,5H3. The predicted molar refractivity (Wildman–Crippen MR) is 81.4 cm³/mol. The molecule has 0 spiro atoms. The lowest BCUT2D eigenvalue weighted by atomic mass is 10.1. The van der Waals surface area contributed by atoms with Crippen LogP contribution < -0.4 is 5.19 Å². The van der Waals surface area contributed by atoms with Crippen LogP contribution >= 0.6 is 0 Å². The molecular weight excluding hydrogens is 256 g/mol. The molecule has 19 heavy (non-hydrogen) atoms. The van der Waals surface area contributed by atoms with Gasteiger partial charge in [-0.3, -0.25) is 0 Å². The Hall–Kier alpha value is -0.943. The van der Waals surface area contributed by atoms with Crippen LogP contribution in [0.15, 0.2) is 30.8 Å². The molecule has 0 amide bonds. The molecule has 0 saturated heterocycles. The maximum absolute atomic E-state index is 5.87. The van der Waals surface area contributed by atoms with Crippen LogP contribution in [0.2, 0.25) is 0 Å². The van der Waals surface area contributed by atoms with Crippen LogP contribution in [0.5, 0.6) is 0 Å². The lowest BCUT2D eigenvalue weighted by molar-refractivity contribution is 0.0859. The molecule has 4 heteroatoms. The summed E-state index contributed by atoms with van der Waals surface area (Å²) >= 11 is 0. The highest BCUT2D eigenvalue weighted by atomic mass is 28.4. The molecule has 0 fully saturated rings. The van der Waals surface area contributed by atoms with Crippen LogP contribution in [-0.4, -0.2) is 28.6 Å². The molecule has 3 nitrogen and oxygen atoms in total. The van der Waals surface area contributed by atoms with E-state index in [1.807, 2.05) is 52.0 Å². The van der Waals surface area contributed by atoms with E-state index < -0.39 is 8.80 Å². The van der Waals surface area contributed by atoms with Gasteiger partial charge in [-0.2, -0.15) is 0 Å². The highest BCUT2D eigenvalue weighted by Crippen LogP contribution is 2.14. The lowest BCUT2D eigenvalue weighted by Gasteiger charge is -2.28. The summed E-state index contributed by atoms with van der Waals surface area (Å²) in [5.41, 5.74) is 2.17. The average Bonchev–Trinajstić information content (AvgIpc) is 2.39. The summed E-state index contributed by atoms with van der Waals surface area (Å²) in [5.74, 6) is 0. The van der Waals surface area contributed by atoms with Gasteiger partial charge in [-0.15, -0.1) is 0 Å². The predicted octanol–water partition coefficient (Wildman–Crippen LogP) is 2.98. The van der Waals surface area contributed by atoms with Gasteiger partial charge in [-0.05, 0) is 33.3 Å². The zero-order valence-corrected chi connectivity index (χ0v) is 13.4. The zero-order chi connectivity index (χ0) is 14.3. The third-order valence-corrected chi connectivity index (χ3v) is 5.78. The van der Waals surface area contributed by atoms with Gasteiger partial charge in [0.2, 0.25) is 0 Å². The number of hydrogen-bond donors (Lipinski definition) is 0. The molecule has 106 valence electrons. The zero-order valence-electron chi connectivity index (χ0n) is 12.4. The third kappa shape index (κ3) is 4.01. The number of allylic oxidation sites excluding steroid dienone is 1. The molecule has 0 radical (unpaired) electrons. The molecule has 0 atom stereocenters. The highest BCUT2D eigenvalue weighted by Gasteiger charge is 2.43. The van der Waals surface area contributed by atoms with E-state index in [1.165, 1.54) is 0 Å². The van der Waals surface area contributed by atoms with E-state index >= 15 is 0 Å². The van der Waals surface area contributed by atoms with Gasteiger partial charge >= 0.3 is 8.80 Å².